The van der Waals surface area contributed by atoms with Crippen LogP contribution >= 0.6 is 11.6 Å². The van der Waals surface area contributed by atoms with Crippen LogP contribution in [0.25, 0.3) is 0 Å². The van der Waals surface area contributed by atoms with Crippen molar-refractivity contribution < 1.29 is 22.8 Å². The standard InChI is InChI=1S/C15H16ClF3N2O2/c1-2-5-20-14(23)9-6-13(22)21(8-9)12-7-10(15(17,18)19)3-4-11(12)16/h3-4,7,9H,2,5-6,8H2,1H3,(H,20,23). The summed E-state index contributed by atoms with van der Waals surface area (Å²) in [5, 5.41) is 2.73. The topological polar surface area (TPSA) is 49.4 Å². The molecular weight excluding hydrogens is 333 g/mol. The van der Waals surface area contributed by atoms with Crippen molar-refractivity contribution in [2.24, 2.45) is 5.92 Å². The predicted octanol–water partition coefficient (Wildman–Crippen LogP) is 3.24. The predicted molar refractivity (Wildman–Crippen MR) is 80.2 cm³/mol. The van der Waals surface area contributed by atoms with Crippen LogP contribution in [0.4, 0.5) is 18.9 Å². The van der Waals surface area contributed by atoms with Gasteiger partial charge in [-0.2, -0.15) is 13.2 Å². The Morgan fingerprint density at radius 2 is 2.13 bits per heavy atom. The van der Waals surface area contributed by atoms with Gasteiger partial charge in [0.25, 0.3) is 0 Å². The third kappa shape index (κ3) is 3.96. The average molecular weight is 349 g/mol. The number of nitrogens with zero attached hydrogens (tertiary/aromatic N) is 1. The molecule has 0 saturated carbocycles. The number of carbonyl (C=O) groups excluding carboxylic acids is 2. The van der Waals surface area contributed by atoms with Crippen molar-refractivity contribution in [3.8, 4) is 0 Å². The van der Waals surface area contributed by atoms with Gasteiger partial charge in [0.05, 0.1) is 22.2 Å². The minimum atomic E-state index is -4.53. The molecule has 0 aromatic heterocycles. The SMILES string of the molecule is CCCNC(=O)C1CC(=O)N(c2cc(C(F)(F)F)ccc2Cl)C1. The van der Waals surface area contributed by atoms with E-state index in [-0.39, 0.29) is 29.6 Å². The van der Waals surface area contributed by atoms with E-state index in [9.17, 15) is 22.8 Å². The molecular formula is C15H16ClF3N2O2. The van der Waals surface area contributed by atoms with Crippen molar-refractivity contribution in [1.29, 1.82) is 0 Å². The van der Waals surface area contributed by atoms with E-state index < -0.39 is 23.6 Å². The molecule has 23 heavy (non-hydrogen) atoms. The highest BCUT2D eigenvalue weighted by Gasteiger charge is 2.37. The fraction of sp³-hybridized carbons (Fsp3) is 0.467. The van der Waals surface area contributed by atoms with Crippen LogP contribution in [-0.4, -0.2) is 24.9 Å². The molecule has 0 radical (unpaired) electrons. The van der Waals surface area contributed by atoms with Gasteiger partial charge >= 0.3 is 6.18 Å². The molecule has 1 aliphatic rings. The summed E-state index contributed by atoms with van der Waals surface area (Å²) in [6, 6.07) is 2.81. The number of anilines is 1. The summed E-state index contributed by atoms with van der Waals surface area (Å²) >= 11 is 5.94. The van der Waals surface area contributed by atoms with E-state index in [0.717, 1.165) is 29.5 Å². The zero-order chi connectivity index (χ0) is 17.2. The molecule has 1 aromatic rings. The van der Waals surface area contributed by atoms with E-state index in [2.05, 4.69) is 5.32 Å². The van der Waals surface area contributed by atoms with E-state index >= 15 is 0 Å². The first-order valence-corrected chi connectivity index (χ1v) is 7.56. The van der Waals surface area contributed by atoms with Crippen molar-refractivity contribution in [1.82, 2.24) is 5.32 Å². The van der Waals surface area contributed by atoms with Crippen LogP contribution in [0.2, 0.25) is 5.02 Å². The Morgan fingerprint density at radius 1 is 1.43 bits per heavy atom. The second-order valence-corrected chi connectivity index (χ2v) is 5.77. The van der Waals surface area contributed by atoms with Gasteiger partial charge < -0.3 is 10.2 Å². The normalized spacial score (nSPS) is 18.4. The zero-order valence-corrected chi connectivity index (χ0v) is 13.2. The molecule has 1 heterocycles. The Bertz CT molecular complexity index is 619. The van der Waals surface area contributed by atoms with Gasteiger partial charge in [0.2, 0.25) is 11.8 Å². The summed E-state index contributed by atoms with van der Waals surface area (Å²) < 4.78 is 38.5. The molecule has 1 N–H and O–H groups in total. The van der Waals surface area contributed by atoms with Gasteiger partial charge in [-0.1, -0.05) is 18.5 Å². The molecule has 1 unspecified atom stereocenters. The van der Waals surface area contributed by atoms with Gasteiger partial charge in [-0.05, 0) is 24.6 Å². The number of nitrogens with one attached hydrogen (secondary N) is 1. The molecule has 1 fully saturated rings. The van der Waals surface area contributed by atoms with Crippen LogP contribution in [0.1, 0.15) is 25.3 Å². The van der Waals surface area contributed by atoms with E-state index in [4.69, 9.17) is 11.6 Å². The molecule has 1 atom stereocenters. The fourth-order valence-electron chi connectivity index (χ4n) is 2.40. The minimum Gasteiger partial charge on any atom is -0.356 e. The molecule has 1 aliphatic heterocycles. The first-order chi connectivity index (χ1) is 10.7. The van der Waals surface area contributed by atoms with Crippen LogP contribution in [0, 0.1) is 5.92 Å². The number of carbonyl (C=O) groups is 2. The smallest absolute Gasteiger partial charge is 0.356 e. The number of alkyl halides is 3. The maximum absolute atomic E-state index is 12.8. The first kappa shape index (κ1) is 17.6. The van der Waals surface area contributed by atoms with Crippen LogP contribution in [0.3, 0.4) is 0 Å². The summed E-state index contributed by atoms with van der Waals surface area (Å²) in [4.78, 5) is 25.2. The van der Waals surface area contributed by atoms with Crippen molar-refractivity contribution >= 4 is 29.1 Å². The number of benzene rings is 1. The van der Waals surface area contributed by atoms with Crippen LogP contribution < -0.4 is 10.2 Å². The van der Waals surface area contributed by atoms with Gasteiger partial charge in [0.15, 0.2) is 0 Å². The molecule has 2 rings (SSSR count). The van der Waals surface area contributed by atoms with Crippen LogP contribution in [0.5, 0.6) is 0 Å². The van der Waals surface area contributed by atoms with Crippen molar-refractivity contribution in [3.05, 3.63) is 28.8 Å². The van der Waals surface area contributed by atoms with Crippen molar-refractivity contribution in [3.63, 3.8) is 0 Å². The van der Waals surface area contributed by atoms with Gasteiger partial charge in [0, 0.05) is 19.5 Å². The highest BCUT2D eigenvalue weighted by Crippen LogP contribution is 2.37. The number of hydrogen-bond donors (Lipinski definition) is 1. The molecule has 1 saturated heterocycles. The first-order valence-electron chi connectivity index (χ1n) is 7.19. The van der Waals surface area contributed by atoms with E-state index in [1.165, 1.54) is 0 Å². The fourth-order valence-corrected chi connectivity index (χ4v) is 2.62. The van der Waals surface area contributed by atoms with E-state index in [0.29, 0.717) is 6.54 Å². The molecule has 2 amide bonds. The lowest BCUT2D eigenvalue weighted by atomic mass is 10.1. The summed E-state index contributed by atoms with van der Waals surface area (Å²) in [6.07, 6.45) is -3.81. The Hall–Kier alpha value is -1.76. The number of amides is 2. The summed E-state index contributed by atoms with van der Waals surface area (Å²) in [6.45, 7) is 2.41. The van der Waals surface area contributed by atoms with Crippen LogP contribution in [0.15, 0.2) is 18.2 Å². The summed E-state index contributed by atoms with van der Waals surface area (Å²) in [5.41, 5.74) is -0.902. The largest absolute Gasteiger partial charge is 0.416 e. The van der Waals surface area contributed by atoms with Crippen molar-refractivity contribution in [2.75, 3.05) is 18.0 Å². The summed E-state index contributed by atoms with van der Waals surface area (Å²) in [7, 11) is 0. The third-order valence-electron chi connectivity index (χ3n) is 3.61. The minimum absolute atomic E-state index is 0.0164. The maximum Gasteiger partial charge on any atom is 0.416 e. The molecule has 0 bridgehead atoms. The molecule has 126 valence electrons. The second kappa shape index (κ2) is 6.78. The maximum atomic E-state index is 12.8. The summed E-state index contributed by atoms with van der Waals surface area (Å²) in [5.74, 6) is -1.27. The number of rotatable bonds is 4. The lowest BCUT2D eigenvalue weighted by Crippen LogP contribution is -2.33. The Morgan fingerprint density at radius 3 is 2.74 bits per heavy atom. The van der Waals surface area contributed by atoms with E-state index in [1.54, 1.807) is 0 Å². The lowest BCUT2D eigenvalue weighted by Gasteiger charge is -2.20. The second-order valence-electron chi connectivity index (χ2n) is 5.36. The zero-order valence-electron chi connectivity index (χ0n) is 12.4. The average Bonchev–Trinajstić information content (AvgIpc) is 2.86. The molecule has 8 heteroatoms. The number of hydrogen-bond acceptors (Lipinski definition) is 2. The van der Waals surface area contributed by atoms with E-state index in [1.807, 2.05) is 6.92 Å². The lowest BCUT2D eigenvalue weighted by molar-refractivity contribution is -0.137. The quantitative estimate of drug-likeness (QED) is 0.908. The Labute approximate surface area is 136 Å². The van der Waals surface area contributed by atoms with Crippen molar-refractivity contribution in [2.45, 2.75) is 25.9 Å². The van der Waals surface area contributed by atoms with Gasteiger partial charge in [0.1, 0.15) is 0 Å². The molecule has 4 nitrogen and oxygen atoms in total. The highest BCUT2D eigenvalue weighted by atomic mass is 35.5. The highest BCUT2D eigenvalue weighted by molar-refractivity contribution is 6.34. The Balaban J connectivity index is 2.22. The molecule has 0 aliphatic carbocycles. The van der Waals surface area contributed by atoms with Crippen LogP contribution in [-0.2, 0) is 15.8 Å². The molecule has 1 aromatic carbocycles. The Kier molecular flexibility index (Phi) is 5.19. The number of halogens is 4. The van der Waals surface area contributed by atoms with Gasteiger partial charge in [-0.15, -0.1) is 0 Å². The van der Waals surface area contributed by atoms with Gasteiger partial charge in [-0.25, -0.2) is 0 Å². The third-order valence-corrected chi connectivity index (χ3v) is 3.93. The van der Waals surface area contributed by atoms with Gasteiger partial charge in [-0.3, -0.25) is 9.59 Å². The molecule has 0 spiro atoms. The monoisotopic (exact) mass is 348 g/mol.